The highest BCUT2D eigenvalue weighted by molar-refractivity contribution is 5.92. The van der Waals surface area contributed by atoms with Gasteiger partial charge in [0.2, 0.25) is 0 Å². The predicted molar refractivity (Wildman–Crippen MR) is 59.7 cm³/mol. The fourth-order valence-corrected chi connectivity index (χ4v) is 1.25. The van der Waals surface area contributed by atoms with Crippen LogP contribution in [0.2, 0.25) is 0 Å². The van der Waals surface area contributed by atoms with Crippen molar-refractivity contribution in [3.05, 3.63) is 29.3 Å². The number of rotatable bonds is 4. The molecule has 4 N–H and O–H groups in total. The van der Waals surface area contributed by atoms with Gasteiger partial charge in [-0.25, -0.2) is 4.79 Å². The van der Waals surface area contributed by atoms with E-state index in [0.29, 0.717) is 12.1 Å². The summed E-state index contributed by atoms with van der Waals surface area (Å²) in [6.45, 7) is 0.313. The third kappa shape index (κ3) is 2.52. The number of hydrogen-bond acceptors (Lipinski definition) is 4. The van der Waals surface area contributed by atoms with E-state index in [1.807, 2.05) is 0 Å². The second kappa shape index (κ2) is 5.18. The van der Waals surface area contributed by atoms with Crippen LogP contribution in [-0.2, 0) is 0 Å². The number of phenolic OH excluding ortho intramolecular Hbond substituents is 1. The van der Waals surface area contributed by atoms with Gasteiger partial charge in [-0.05, 0) is 6.07 Å². The molecule has 0 aliphatic carbocycles. The molecule has 16 heavy (non-hydrogen) atoms. The molecular weight excluding hydrogens is 210 g/mol. The average Bonchev–Trinajstić information content (AvgIpc) is 2.26. The van der Waals surface area contributed by atoms with Gasteiger partial charge in [0.1, 0.15) is 17.1 Å². The fraction of sp³-hybridized carbons (Fsp3) is 0.182. The van der Waals surface area contributed by atoms with Crippen molar-refractivity contribution >= 4 is 12.0 Å². The molecule has 0 atom stereocenters. The van der Waals surface area contributed by atoms with Crippen LogP contribution in [-0.4, -0.2) is 29.8 Å². The second-order valence-corrected chi connectivity index (χ2v) is 3.05. The van der Waals surface area contributed by atoms with Crippen LogP contribution in [0.5, 0.6) is 11.5 Å². The standard InChI is InChI=1S/C11H13NO4/c1-16-10-6-9(13)7(3-2-4-12)5-8(10)11(14)15/h2-3,5-6,13H,4,12H2,1H3,(H,14,15)/b3-2+. The molecule has 0 radical (unpaired) electrons. The number of carboxylic acids is 1. The van der Waals surface area contributed by atoms with E-state index in [2.05, 4.69) is 0 Å². The maximum absolute atomic E-state index is 10.9. The summed E-state index contributed by atoms with van der Waals surface area (Å²) in [5, 5.41) is 18.5. The molecular formula is C11H13NO4. The summed E-state index contributed by atoms with van der Waals surface area (Å²) < 4.78 is 4.86. The normalized spacial score (nSPS) is 10.6. The number of hydrogen-bond donors (Lipinski definition) is 3. The van der Waals surface area contributed by atoms with E-state index in [0.717, 1.165) is 0 Å². The van der Waals surface area contributed by atoms with Gasteiger partial charge < -0.3 is 20.7 Å². The average molecular weight is 223 g/mol. The molecule has 0 saturated heterocycles. The highest BCUT2D eigenvalue weighted by Crippen LogP contribution is 2.29. The highest BCUT2D eigenvalue weighted by atomic mass is 16.5. The Morgan fingerprint density at radius 3 is 2.75 bits per heavy atom. The first-order chi connectivity index (χ1) is 7.60. The van der Waals surface area contributed by atoms with Crippen molar-refractivity contribution in [3.8, 4) is 11.5 Å². The van der Waals surface area contributed by atoms with Crippen LogP contribution in [0.25, 0.3) is 6.08 Å². The zero-order valence-corrected chi connectivity index (χ0v) is 8.80. The summed E-state index contributed by atoms with van der Waals surface area (Å²) in [7, 11) is 1.34. The number of carbonyl (C=O) groups is 1. The molecule has 1 aromatic rings. The quantitative estimate of drug-likeness (QED) is 0.710. The molecule has 5 nitrogen and oxygen atoms in total. The summed E-state index contributed by atoms with van der Waals surface area (Å²) in [6.07, 6.45) is 3.17. The number of benzene rings is 1. The lowest BCUT2D eigenvalue weighted by Gasteiger charge is -2.07. The van der Waals surface area contributed by atoms with Gasteiger partial charge in [-0.15, -0.1) is 0 Å². The molecule has 0 fully saturated rings. The van der Waals surface area contributed by atoms with E-state index in [9.17, 15) is 9.90 Å². The lowest BCUT2D eigenvalue weighted by Crippen LogP contribution is -2.01. The zero-order chi connectivity index (χ0) is 12.1. The van der Waals surface area contributed by atoms with E-state index in [4.69, 9.17) is 15.6 Å². The molecule has 1 rings (SSSR count). The molecule has 0 spiro atoms. The van der Waals surface area contributed by atoms with E-state index in [1.165, 1.54) is 19.2 Å². The minimum absolute atomic E-state index is 0.00280. The van der Waals surface area contributed by atoms with Gasteiger partial charge in [0.15, 0.2) is 0 Å². The van der Waals surface area contributed by atoms with Gasteiger partial charge in [-0.1, -0.05) is 12.2 Å². The molecule has 5 heteroatoms. The van der Waals surface area contributed by atoms with Gasteiger partial charge in [0.25, 0.3) is 0 Å². The largest absolute Gasteiger partial charge is 0.507 e. The van der Waals surface area contributed by atoms with Crippen molar-refractivity contribution in [2.75, 3.05) is 13.7 Å². The molecule has 0 saturated carbocycles. The SMILES string of the molecule is COc1cc(O)c(/C=C/CN)cc1C(=O)O. The minimum Gasteiger partial charge on any atom is -0.507 e. The monoisotopic (exact) mass is 223 g/mol. The number of nitrogens with two attached hydrogens (primary N) is 1. The Kier molecular flexibility index (Phi) is 3.90. The van der Waals surface area contributed by atoms with Crippen molar-refractivity contribution in [2.45, 2.75) is 0 Å². The number of carboxylic acid groups (broad SMARTS) is 1. The minimum atomic E-state index is -1.11. The molecule has 1 aromatic carbocycles. The van der Waals surface area contributed by atoms with Crippen LogP contribution in [0.15, 0.2) is 18.2 Å². The maximum Gasteiger partial charge on any atom is 0.339 e. The Morgan fingerprint density at radius 2 is 2.25 bits per heavy atom. The Bertz CT molecular complexity index is 426. The van der Waals surface area contributed by atoms with E-state index in [-0.39, 0.29) is 17.1 Å². The Balaban J connectivity index is 3.27. The van der Waals surface area contributed by atoms with Crippen molar-refractivity contribution in [1.29, 1.82) is 0 Å². The number of aromatic hydroxyl groups is 1. The summed E-state index contributed by atoms with van der Waals surface area (Å²) in [5.74, 6) is -1.04. The Morgan fingerprint density at radius 1 is 1.56 bits per heavy atom. The van der Waals surface area contributed by atoms with Gasteiger partial charge in [-0.2, -0.15) is 0 Å². The topological polar surface area (TPSA) is 92.8 Å². The van der Waals surface area contributed by atoms with E-state index >= 15 is 0 Å². The van der Waals surface area contributed by atoms with Crippen LogP contribution in [0.1, 0.15) is 15.9 Å². The van der Waals surface area contributed by atoms with Crippen LogP contribution < -0.4 is 10.5 Å². The van der Waals surface area contributed by atoms with Gasteiger partial charge in [0.05, 0.1) is 7.11 Å². The molecule has 0 amide bonds. The number of ether oxygens (including phenoxy) is 1. The van der Waals surface area contributed by atoms with Gasteiger partial charge in [0, 0.05) is 18.2 Å². The number of aromatic carboxylic acids is 1. The zero-order valence-electron chi connectivity index (χ0n) is 8.80. The van der Waals surface area contributed by atoms with E-state index in [1.54, 1.807) is 12.2 Å². The van der Waals surface area contributed by atoms with Crippen LogP contribution in [0.3, 0.4) is 0 Å². The molecule has 0 bridgehead atoms. The lowest BCUT2D eigenvalue weighted by molar-refractivity contribution is 0.0693. The predicted octanol–water partition coefficient (Wildman–Crippen LogP) is 1.07. The molecule has 0 unspecified atom stereocenters. The third-order valence-corrected chi connectivity index (χ3v) is 2.01. The summed E-state index contributed by atoms with van der Waals surface area (Å²) in [4.78, 5) is 10.9. The highest BCUT2D eigenvalue weighted by Gasteiger charge is 2.13. The second-order valence-electron chi connectivity index (χ2n) is 3.05. The third-order valence-electron chi connectivity index (χ3n) is 2.01. The van der Waals surface area contributed by atoms with Gasteiger partial charge >= 0.3 is 5.97 Å². The van der Waals surface area contributed by atoms with E-state index < -0.39 is 5.97 Å². The summed E-state index contributed by atoms with van der Waals surface area (Å²) >= 11 is 0. The molecule has 0 aliphatic rings. The molecule has 0 heterocycles. The van der Waals surface area contributed by atoms with Crippen LogP contribution in [0.4, 0.5) is 0 Å². The molecule has 86 valence electrons. The first kappa shape index (κ1) is 12.1. The van der Waals surface area contributed by atoms with Gasteiger partial charge in [-0.3, -0.25) is 0 Å². The van der Waals surface area contributed by atoms with Crippen LogP contribution >= 0.6 is 0 Å². The molecule has 0 aliphatic heterocycles. The lowest BCUT2D eigenvalue weighted by atomic mass is 10.1. The fourth-order valence-electron chi connectivity index (χ4n) is 1.25. The smallest absolute Gasteiger partial charge is 0.339 e. The van der Waals surface area contributed by atoms with Crippen molar-refractivity contribution in [1.82, 2.24) is 0 Å². The molecule has 0 aromatic heterocycles. The summed E-state index contributed by atoms with van der Waals surface area (Å²) in [6, 6.07) is 2.60. The first-order valence-corrected chi connectivity index (χ1v) is 4.61. The van der Waals surface area contributed by atoms with Crippen LogP contribution in [0, 0.1) is 0 Å². The van der Waals surface area contributed by atoms with Crippen molar-refractivity contribution < 1.29 is 19.7 Å². The number of phenols is 1. The van der Waals surface area contributed by atoms with Crippen molar-refractivity contribution in [3.63, 3.8) is 0 Å². The van der Waals surface area contributed by atoms with Crippen molar-refractivity contribution in [2.24, 2.45) is 5.73 Å². The Labute approximate surface area is 92.8 Å². The Hall–Kier alpha value is -2.01. The first-order valence-electron chi connectivity index (χ1n) is 4.61. The maximum atomic E-state index is 10.9. The summed E-state index contributed by atoms with van der Waals surface area (Å²) in [5.41, 5.74) is 5.66. The number of methoxy groups -OCH3 is 1.